The summed E-state index contributed by atoms with van der Waals surface area (Å²) in [5.41, 5.74) is 0.703. The maximum absolute atomic E-state index is 11.3. The van der Waals surface area contributed by atoms with Crippen molar-refractivity contribution in [1.29, 1.82) is 0 Å². The number of rotatable bonds is 4. The first-order chi connectivity index (χ1) is 6.69. The second-order valence-corrected chi connectivity index (χ2v) is 2.90. The van der Waals surface area contributed by atoms with Crippen LogP contribution in [0, 0.1) is 0 Å². The number of carbonyl (C=O) groups excluding carboxylic acids is 1. The molecule has 0 bridgehead atoms. The number of carbonyl (C=O) groups is 1. The Labute approximate surface area is 81.4 Å². The Hall–Kier alpha value is -1.39. The van der Waals surface area contributed by atoms with E-state index in [0.29, 0.717) is 11.1 Å². The quantitative estimate of drug-likeness (QED) is 0.611. The van der Waals surface area contributed by atoms with Gasteiger partial charge in [-0.2, -0.15) is 0 Å². The van der Waals surface area contributed by atoms with Gasteiger partial charge in [0, 0.05) is 17.5 Å². The maximum atomic E-state index is 11.3. The topological polar surface area (TPSA) is 77.8 Å². The van der Waals surface area contributed by atoms with Gasteiger partial charge in [0.05, 0.1) is 13.2 Å². The molecule has 1 rings (SSSR count). The third-order valence-corrected chi connectivity index (χ3v) is 1.91. The summed E-state index contributed by atoms with van der Waals surface area (Å²) >= 11 is 0. The Balaban J connectivity index is 2.94. The number of aromatic hydroxyl groups is 1. The predicted molar refractivity (Wildman–Crippen MR) is 50.1 cm³/mol. The fourth-order valence-corrected chi connectivity index (χ4v) is 1.13. The van der Waals surface area contributed by atoms with Gasteiger partial charge in [0.15, 0.2) is 5.78 Å². The van der Waals surface area contributed by atoms with Gasteiger partial charge in [-0.25, -0.2) is 0 Å². The van der Waals surface area contributed by atoms with Crippen LogP contribution in [0.5, 0.6) is 5.75 Å². The van der Waals surface area contributed by atoms with Gasteiger partial charge in [-0.3, -0.25) is 4.79 Å². The van der Waals surface area contributed by atoms with Crippen molar-refractivity contribution in [2.45, 2.75) is 13.0 Å². The van der Waals surface area contributed by atoms with Gasteiger partial charge >= 0.3 is 0 Å². The molecule has 0 aliphatic carbocycles. The fraction of sp³-hybridized carbons (Fsp3) is 0.300. The van der Waals surface area contributed by atoms with E-state index in [9.17, 15) is 9.90 Å². The highest BCUT2D eigenvalue weighted by Crippen LogP contribution is 2.19. The molecule has 0 amide bonds. The minimum Gasteiger partial charge on any atom is -0.508 e. The summed E-state index contributed by atoms with van der Waals surface area (Å²) in [7, 11) is 0. The number of aliphatic hydroxyl groups is 2. The molecule has 0 aromatic heterocycles. The standard InChI is InChI=1S/C10H12O4/c11-4-3-10(14)7-1-2-9(13)8(5-7)6-12/h1-2,5,11-13H,3-4,6H2. The predicted octanol–water partition coefficient (Wildman–Crippen LogP) is 0.450. The van der Waals surface area contributed by atoms with Gasteiger partial charge in [0.1, 0.15) is 5.75 Å². The highest BCUT2D eigenvalue weighted by Gasteiger charge is 2.07. The van der Waals surface area contributed by atoms with Gasteiger partial charge in [0.2, 0.25) is 0 Å². The summed E-state index contributed by atoms with van der Waals surface area (Å²) in [5.74, 6) is -0.241. The molecule has 0 saturated heterocycles. The Morgan fingerprint density at radius 2 is 2.00 bits per heavy atom. The van der Waals surface area contributed by atoms with Crippen LogP contribution in [0.4, 0.5) is 0 Å². The minimum absolute atomic E-state index is 0.0342. The van der Waals surface area contributed by atoms with Gasteiger partial charge in [-0.1, -0.05) is 0 Å². The first-order valence-electron chi connectivity index (χ1n) is 4.26. The van der Waals surface area contributed by atoms with E-state index in [0.717, 1.165) is 0 Å². The van der Waals surface area contributed by atoms with Crippen LogP contribution in [0.25, 0.3) is 0 Å². The average molecular weight is 196 g/mol. The van der Waals surface area contributed by atoms with Crippen molar-refractivity contribution in [2.24, 2.45) is 0 Å². The average Bonchev–Trinajstić information content (AvgIpc) is 2.19. The second kappa shape index (κ2) is 4.74. The van der Waals surface area contributed by atoms with Crippen LogP contribution in [0.2, 0.25) is 0 Å². The zero-order valence-electron chi connectivity index (χ0n) is 7.60. The number of phenols is 1. The SMILES string of the molecule is O=C(CCO)c1ccc(O)c(CO)c1. The zero-order chi connectivity index (χ0) is 10.6. The zero-order valence-corrected chi connectivity index (χ0v) is 7.60. The smallest absolute Gasteiger partial charge is 0.165 e. The third-order valence-electron chi connectivity index (χ3n) is 1.91. The first-order valence-corrected chi connectivity index (χ1v) is 4.26. The molecule has 14 heavy (non-hydrogen) atoms. The van der Waals surface area contributed by atoms with E-state index >= 15 is 0 Å². The molecule has 0 fully saturated rings. The number of benzene rings is 1. The maximum Gasteiger partial charge on any atom is 0.165 e. The Bertz CT molecular complexity index is 333. The van der Waals surface area contributed by atoms with Crippen LogP contribution in [0.1, 0.15) is 22.3 Å². The summed E-state index contributed by atoms with van der Waals surface area (Å²) in [6.45, 7) is -0.514. The summed E-state index contributed by atoms with van der Waals surface area (Å²) in [5, 5.41) is 26.6. The highest BCUT2D eigenvalue weighted by molar-refractivity contribution is 5.96. The summed E-state index contributed by atoms with van der Waals surface area (Å²) in [6.07, 6.45) is 0.0512. The van der Waals surface area contributed by atoms with Crippen LogP contribution in [0.3, 0.4) is 0 Å². The first kappa shape index (κ1) is 10.7. The lowest BCUT2D eigenvalue weighted by atomic mass is 10.1. The van der Waals surface area contributed by atoms with Gasteiger partial charge in [0.25, 0.3) is 0 Å². The lowest BCUT2D eigenvalue weighted by Crippen LogP contribution is -2.02. The Morgan fingerprint density at radius 3 is 2.57 bits per heavy atom. The molecule has 76 valence electrons. The van der Waals surface area contributed by atoms with E-state index in [2.05, 4.69) is 0 Å². The summed E-state index contributed by atoms with van der Waals surface area (Å²) < 4.78 is 0. The summed E-state index contributed by atoms with van der Waals surface area (Å²) in [6, 6.07) is 4.25. The van der Waals surface area contributed by atoms with Gasteiger partial charge < -0.3 is 15.3 Å². The van der Waals surface area contributed by atoms with E-state index in [1.54, 1.807) is 0 Å². The number of ketones is 1. The number of hydrogen-bond donors (Lipinski definition) is 3. The largest absolute Gasteiger partial charge is 0.508 e. The molecular formula is C10H12O4. The van der Waals surface area contributed by atoms with Gasteiger partial charge in [-0.15, -0.1) is 0 Å². The van der Waals surface area contributed by atoms with E-state index in [-0.39, 0.29) is 31.2 Å². The van der Waals surface area contributed by atoms with Crippen LogP contribution in [-0.4, -0.2) is 27.7 Å². The molecule has 0 radical (unpaired) electrons. The lowest BCUT2D eigenvalue weighted by Gasteiger charge is -2.03. The van der Waals surface area contributed by atoms with Crippen molar-refractivity contribution < 1.29 is 20.1 Å². The van der Waals surface area contributed by atoms with E-state index in [1.165, 1.54) is 18.2 Å². The third kappa shape index (κ3) is 2.31. The normalized spacial score (nSPS) is 10.1. The molecule has 0 saturated carbocycles. The number of aliphatic hydroxyl groups excluding tert-OH is 2. The minimum atomic E-state index is -0.313. The van der Waals surface area contributed by atoms with E-state index < -0.39 is 0 Å². The molecule has 4 heteroatoms. The molecule has 3 N–H and O–H groups in total. The molecule has 1 aromatic rings. The van der Waals surface area contributed by atoms with Gasteiger partial charge in [-0.05, 0) is 18.2 Å². The van der Waals surface area contributed by atoms with Crippen molar-refractivity contribution in [3.05, 3.63) is 29.3 Å². The molecule has 0 spiro atoms. The molecule has 0 aliphatic heterocycles. The summed E-state index contributed by atoms with van der Waals surface area (Å²) in [4.78, 5) is 11.3. The molecule has 0 heterocycles. The van der Waals surface area contributed by atoms with E-state index in [1.807, 2.05) is 0 Å². The molecule has 1 aromatic carbocycles. The second-order valence-electron chi connectivity index (χ2n) is 2.90. The number of Topliss-reactive ketones (excluding diaryl/α,β-unsaturated/α-hetero) is 1. The van der Waals surface area contributed by atoms with Crippen molar-refractivity contribution in [2.75, 3.05) is 6.61 Å². The molecule has 4 nitrogen and oxygen atoms in total. The highest BCUT2D eigenvalue weighted by atomic mass is 16.3. The van der Waals surface area contributed by atoms with Crippen molar-refractivity contribution in [1.82, 2.24) is 0 Å². The van der Waals surface area contributed by atoms with Crippen molar-refractivity contribution in [3.8, 4) is 5.75 Å². The Morgan fingerprint density at radius 1 is 1.29 bits per heavy atom. The van der Waals surface area contributed by atoms with Crippen LogP contribution >= 0.6 is 0 Å². The molecule has 0 atom stereocenters. The van der Waals surface area contributed by atoms with Crippen LogP contribution in [0.15, 0.2) is 18.2 Å². The lowest BCUT2D eigenvalue weighted by molar-refractivity contribution is 0.0956. The van der Waals surface area contributed by atoms with Crippen LogP contribution < -0.4 is 0 Å². The number of hydrogen-bond acceptors (Lipinski definition) is 4. The molecule has 0 aliphatic rings. The van der Waals surface area contributed by atoms with Crippen LogP contribution in [-0.2, 0) is 6.61 Å². The monoisotopic (exact) mass is 196 g/mol. The molecular weight excluding hydrogens is 184 g/mol. The fourth-order valence-electron chi connectivity index (χ4n) is 1.13. The van der Waals surface area contributed by atoms with E-state index in [4.69, 9.17) is 10.2 Å². The van der Waals surface area contributed by atoms with Crippen molar-refractivity contribution in [3.63, 3.8) is 0 Å². The molecule has 0 unspecified atom stereocenters. The van der Waals surface area contributed by atoms with Crippen molar-refractivity contribution >= 4 is 5.78 Å². The Kier molecular flexibility index (Phi) is 3.62.